The van der Waals surface area contributed by atoms with Crippen molar-refractivity contribution in [3.63, 3.8) is 0 Å². The van der Waals surface area contributed by atoms with Gasteiger partial charge < -0.3 is 4.74 Å². The summed E-state index contributed by atoms with van der Waals surface area (Å²) in [7, 11) is 0. The minimum Gasteiger partial charge on any atom is -0.459 e. The number of rotatable bonds is 4. The fraction of sp³-hybridized carbons (Fsp3) is 0.357. The van der Waals surface area contributed by atoms with Crippen LogP contribution in [-0.4, -0.2) is 23.6 Å². The fourth-order valence-corrected chi connectivity index (χ4v) is 2.10. The van der Waals surface area contributed by atoms with Crippen molar-refractivity contribution in [2.45, 2.75) is 31.3 Å². The third kappa shape index (κ3) is 5.14. The van der Waals surface area contributed by atoms with Gasteiger partial charge in [-0.3, -0.25) is 9.59 Å². The Morgan fingerprint density at radius 1 is 1.47 bits per heavy atom. The van der Waals surface area contributed by atoms with Gasteiger partial charge in [-0.1, -0.05) is 6.07 Å². The molecule has 0 fully saturated rings. The minimum absolute atomic E-state index is 0.131. The van der Waals surface area contributed by atoms with Gasteiger partial charge in [-0.2, -0.15) is 5.26 Å². The molecular formula is C14H15NO3S. The molecule has 0 saturated carbocycles. The topological polar surface area (TPSA) is 67.2 Å². The Hall–Kier alpha value is -1.80. The predicted molar refractivity (Wildman–Crippen MR) is 73.1 cm³/mol. The first-order valence-corrected chi connectivity index (χ1v) is 6.68. The van der Waals surface area contributed by atoms with Crippen LogP contribution in [0.1, 0.15) is 36.7 Å². The Labute approximate surface area is 116 Å². The van der Waals surface area contributed by atoms with Gasteiger partial charge in [-0.25, -0.2) is 0 Å². The molecule has 1 rings (SSSR count). The number of thioether (sulfide) groups is 1. The van der Waals surface area contributed by atoms with E-state index in [0.717, 1.165) is 0 Å². The second-order valence-electron chi connectivity index (χ2n) is 4.86. The van der Waals surface area contributed by atoms with Crippen LogP contribution in [0.5, 0.6) is 0 Å². The fourth-order valence-electron chi connectivity index (χ4n) is 1.34. The van der Waals surface area contributed by atoms with E-state index in [1.807, 2.05) is 6.07 Å². The lowest BCUT2D eigenvalue weighted by molar-refractivity contribution is -0.151. The van der Waals surface area contributed by atoms with Crippen molar-refractivity contribution in [2.75, 3.05) is 5.75 Å². The van der Waals surface area contributed by atoms with Crippen LogP contribution in [0.4, 0.5) is 0 Å². The number of hydrogen-bond donors (Lipinski definition) is 0. The molecule has 0 amide bonds. The Kier molecular flexibility index (Phi) is 5.13. The number of ether oxygens (including phenoxy) is 1. The highest BCUT2D eigenvalue weighted by molar-refractivity contribution is 8.00. The molecule has 0 heterocycles. The lowest BCUT2D eigenvalue weighted by Crippen LogP contribution is -2.24. The molecule has 0 spiro atoms. The summed E-state index contributed by atoms with van der Waals surface area (Å²) < 4.78 is 5.18. The molecule has 0 saturated heterocycles. The Balaban J connectivity index is 2.71. The summed E-state index contributed by atoms with van der Waals surface area (Å²) >= 11 is 1.23. The molecule has 5 heteroatoms. The van der Waals surface area contributed by atoms with Gasteiger partial charge in [0.15, 0.2) is 0 Å². The molecule has 0 radical (unpaired) electrons. The average Bonchev–Trinajstić information content (AvgIpc) is 2.34. The SMILES string of the molecule is CC(C)(C)OC(=O)CSc1ccc(C=O)cc1C#N. The Morgan fingerprint density at radius 2 is 2.16 bits per heavy atom. The van der Waals surface area contributed by atoms with Crippen molar-refractivity contribution in [2.24, 2.45) is 0 Å². The first-order valence-electron chi connectivity index (χ1n) is 5.69. The zero-order valence-corrected chi connectivity index (χ0v) is 11.9. The van der Waals surface area contributed by atoms with Crippen molar-refractivity contribution in [3.05, 3.63) is 29.3 Å². The molecule has 100 valence electrons. The lowest BCUT2D eigenvalue weighted by Gasteiger charge is -2.19. The van der Waals surface area contributed by atoms with Gasteiger partial charge in [0, 0.05) is 10.5 Å². The maximum absolute atomic E-state index is 11.6. The Bertz CT molecular complexity index is 526. The molecule has 4 nitrogen and oxygen atoms in total. The smallest absolute Gasteiger partial charge is 0.316 e. The molecule has 0 atom stereocenters. The second kappa shape index (κ2) is 6.39. The highest BCUT2D eigenvalue weighted by Gasteiger charge is 2.16. The lowest BCUT2D eigenvalue weighted by atomic mass is 10.1. The average molecular weight is 277 g/mol. The van der Waals surface area contributed by atoms with Crippen molar-refractivity contribution in [1.29, 1.82) is 5.26 Å². The van der Waals surface area contributed by atoms with Gasteiger partial charge in [0.1, 0.15) is 18.0 Å². The van der Waals surface area contributed by atoms with Crippen molar-refractivity contribution in [1.82, 2.24) is 0 Å². The first kappa shape index (κ1) is 15.3. The number of hydrogen-bond acceptors (Lipinski definition) is 5. The molecule has 1 aromatic rings. The molecule has 0 bridgehead atoms. The number of benzene rings is 1. The van der Waals surface area contributed by atoms with E-state index < -0.39 is 5.60 Å². The molecule has 1 aromatic carbocycles. The molecule has 19 heavy (non-hydrogen) atoms. The predicted octanol–water partition coefficient (Wildman–Crippen LogP) is 2.80. The molecule has 0 aliphatic carbocycles. The maximum atomic E-state index is 11.6. The van der Waals surface area contributed by atoms with E-state index in [1.54, 1.807) is 32.9 Å². The van der Waals surface area contributed by atoms with Crippen LogP contribution < -0.4 is 0 Å². The number of nitriles is 1. The third-order valence-electron chi connectivity index (χ3n) is 2.03. The van der Waals surface area contributed by atoms with Crippen LogP contribution in [0.25, 0.3) is 0 Å². The number of esters is 1. The highest BCUT2D eigenvalue weighted by Crippen LogP contribution is 2.23. The van der Waals surface area contributed by atoms with Gasteiger partial charge in [0.25, 0.3) is 0 Å². The highest BCUT2D eigenvalue weighted by atomic mass is 32.2. The van der Waals surface area contributed by atoms with Crippen LogP contribution in [0.2, 0.25) is 0 Å². The van der Waals surface area contributed by atoms with E-state index in [0.29, 0.717) is 22.3 Å². The molecule has 0 N–H and O–H groups in total. The number of aldehydes is 1. The number of carbonyl (C=O) groups excluding carboxylic acids is 2. The van der Waals surface area contributed by atoms with Gasteiger partial charge in [0.05, 0.1) is 11.3 Å². The maximum Gasteiger partial charge on any atom is 0.316 e. The zero-order chi connectivity index (χ0) is 14.5. The van der Waals surface area contributed by atoms with E-state index >= 15 is 0 Å². The summed E-state index contributed by atoms with van der Waals surface area (Å²) in [6.45, 7) is 5.40. The van der Waals surface area contributed by atoms with E-state index in [2.05, 4.69) is 0 Å². The molecule has 0 aliphatic rings. The molecule has 0 unspecified atom stereocenters. The summed E-state index contributed by atoms with van der Waals surface area (Å²) in [4.78, 5) is 22.9. The quantitative estimate of drug-likeness (QED) is 0.481. The molecule has 0 aromatic heterocycles. The van der Waals surface area contributed by atoms with E-state index in [9.17, 15) is 9.59 Å². The third-order valence-corrected chi connectivity index (χ3v) is 3.07. The first-order chi connectivity index (χ1) is 8.85. The summed E-state index contributed by atoms with van der Waals surface area (Å²) in [5.74, 6) is -0.201. The van der Waals surface area contributed by atoms with Crippen molar-refractivity contribution in [3.8, 4) is 6.07 Å². The standard InChI is InChI=1S/C14H15NO3S/c1-14(2,3)18-13(17)9-19-12-5-4-10(8-16)6-11(12)7-15/h4-6,8H,9H2,1-3H3. The van der Waals surface area contributed by atoms with E-state index in [4.69, 9.17) is 10.00 Å². The van der Waals surface area contributed by atoms with Gasteiger partial charge in [-0.15, -0.1) is 11.8 Å². The molecular weight excluding hydrogens is 262 g/mol. The van der Waals surface area contributed by atoms with Gasteiger partial charge >= 0.3 is 5.97 Å². The van der Waals surface area contributed by atoms with Crippen LogP contribution >= 0.6 is 11.8 Å². The summed E-state index contributed by atoms with van der Waals surface area (Å²) in [5.41, 5.74) is 0.313. The zero-order valence-electron chi connectivity index (χ0n) is 11.1. The van der Waals surface area contributed by atoms with Crippen molar-refractivity contribution >= 4 is 24.0 Å². The van der Waals surface area contributed by atoms with E-state index in [1.165, 1.54) is 17.8 Å². The largest absolute Gasteiger partial charge is 0.459 e. The second-order valence-corrected chi connectivity index (χ2v) is 5.88. The Morgan fingerprint density at radius 3 is 2.68 bits per heavy atom. The van der Waals surface area contributed by atoms with Gasteiger partial charge in [0.2, 0.25) is 0 Å². The van der Waals surface area contributed by atoms with Crippen LogP contribution in [-0.2, 0) is 9.53 Å². The van der Waals surface area contributed by atoms with E-state index in [-0.39, 0.29) is 11.7 Å². The molecule has 0 aliphatic heterocycles. The normalized spacial score (nSPS) is 10.6. The van der Waals surface area contributed by atoms with Gasteiger partial charge in [-0.05, 0) is 32.9 Å². The minimum atomic E-state index is -0.517. The summed E-state index contributed by atoms with van der Waals surface area (Å²) in [6, 6.07) is 6.80. The van der Waals surface area contributed by atoms with Crippen LogP contribution in [0.3, 0.4) is 0 Å². The van der Waals surface area contributed by atoms with Crippen molar-refractivity contribution < 1.29 is 14.3 Å². The summed E-state index contributed by atoms with van der Waals surface area (Å²) in [6.07, 6.45) is 0.684. The number of nitrogens with zero attached hydrogens (tertiary/aromatic N) is 1. The van der Waals surface area contributed by atoms with Crippen LogP contribution in [0, 0.1) is 11.3 Å². The number of carbonyl (C=O) groups is 2. The monoisotopic (exact) mass is 277 g/mol. The van der Waals surface area contributed by atoms with Crippen LogP contribution in [0.15, 0.2) is 23.1 Å². The summed E-state index contributed by atoms with van der Waals surface area (Å²) in [5, 5.41) is 8.99.